The predicted octanol–water partition coefficient (Wildman–Crippen LogP) is 2.76. The smallest absolute Gasteiger partial charge is 0.455 e. The van der Waals surface area contributed by atoms with E-state index in [0.29, 0.717) is 0 Å². The quantitative estimate of drug-likeness (QED) is 0.457. The summed E-state index contributed by atoms with van der Waals surface area (Å²) in [4.78, 5) is 37.5. The van der Waals surface area contributed by atoms with Gasteiger partial charge >= 0.3 is 12.1 Å². The van der Waals surface area contributed by atoms with Crippen LogP contribution >= 0.6 is 0 Å². The normalized spacial score (nSPS) is 18.6. The van der Waals surface area contributed by atoms with Gasteiger partial charge in [0.1, 0.15) is 28.6 Å². The van der Waals surface area contributed by atoms with E-state index in [1.807, 2.05) is 0 Å². The lowest BCUT2D eigenvalue weighted by molar-refractivity contribution is -0.278. The monoisotopic (exact) mass is 469 g/mol. The lowest BCUT2D eigenvalue weighted by Gasteiger charge is -2.34. The number of benzene rings is 1. The molecule has 0 fully saturated rings. The summed E-state index contributed by atoms with van der Waals surface area (Å²) in [5, 5.41) is 6.04. The Kier molecular flexibility index (Phi) is 6.45. The minimum Gasteiger partial charge on any atom is -0.483 e. The van der Waals surface area contributed by atoms with Gasteiger partial charge in [-0.05, 0) is 39.8 Å². The summed E-state index contributed by atoms with van der Waals surface area (Å²) >= 11 is 0. The average molecular weight is 469 g/mol. The maximum Gasteiger partial charge on any atom is 0.455 e. The van der Waals surface area contributed by atoms with Gasteiger partial charge in [-0.3, -0.25) is 14.4 Å². The van der Waals surface area contributed by atoms with Gasteiger partial charge in [0.2, 0.25) is 11.8 Å². The first kappa shape index (κ1) is 25.3. The maximum absolute atomic E-state index is 13.5. The van der Waals surface area contributed by atoms with Crippen LogP contribution in [0.5, 0.6) is 5.75 Å². The van der Waals surface area contributed by atoms with Crippen LogP contribution in [0, 0.1) is 11.2 Å². The van der Waals surface area contributed by atoms with Crippen molar-refractivity contribution in [3.63, 3.8) is 0 Å². The number of ether oxygens (including phenoxy) is 1. The first-order valence-corrected chi connectivity index (χ1v) is 9.22. The zero-order chi connectivity index (χ0) is 24.7. The average Bonchev–Trinajstić information content (AvgIpc) is 2.72. The van der Waals surface area contributed by atoms with Crippen LogP contribution in [0.4, 0.5) is 32.0 Å². The highest BCUT2D eigenvalue weighted by Gasteiger charge is 2.58. The summed E-state index contributed by atoms with van der Waals surface area (Å²) in [6.07, 6.45) is -5.89. The first-order valence-electron chi connectivity index (χ1n) is 9.22. The van der Waals surface area contributed by atoms with Crippen LogP contribution in [0.1, 0.15) is 27.7 Å². The van der Waals surface area contributed by atoms with Gasteiger partial charge in [-0.2, -0.15) is 22.0 Å². The van der Waals surface area contributed by atoms with Crippen molar-refractivity contribution >= 4 is 23.4 Å². The van der Waals surface area contributed by atoms with Gasteiger partial charge in [0.15, 0.2) is 0 Å². The van der Waals surface area contributed by atoms with Gasteiger partial charge in [-0.1, -0.05) is 0 Å². The van der Waals surface area contributed by atoms with E-state index < -0.39 is 59.2 Å². The van der Waals surface area contributed by atoms with E-state index in [1.54, 1.807) is 0 Å². The number of rotatable bonds is 5. The van der Waals surface area contributed by atoms with Crippen LogP contribution in [0.2, 0.25) is 0 Å². The third kappa shape index (κ3) is 5.07. The molecule has 0 aliphatic carbocycles. The molecule has 32 heavy (non-hydrogen) atoms. The van der Waals surface area contributed by atoms with Gasteiger partial charge in [-0.25, -0.2) is 4.39 Å². The molecule has 1 heterocycles. The molecule has 0 saturated heterocycles. The fourth-order valence-electron chi connectivity index (χ4n) is 2.72. The molecule has 7 nitrogen and oxygen atoms in total. The number of hydrogen-bond donors (Lipinski definition) is 3. The molecule has 2 rings (SSSR count). The summed E-state index contributed by atoms with van der Waals surface area (Å²) in [6.45, 7) is 2.75. The van der Waals surface area contributed by atoms with Crippen molar-refractivity contribution in [3.8, 4) is 5.75 Å². The molecule has 1 aliphatic rings. The van der Waals surface area contributed by atoms with Crippen molar-refractivity contribution in [2.24, 2.45) is 5.41 Å². The molecule has 0 saturated carbocycles. The van der Waals surface area contributed by atoms with E-state index in [2.05, 4.69) is 10.6 Å². The molecule has 1 aromatic carbocycles. The molecule has 1 aliphatic heterocycles. The van der Waals surface area contributed by atoms with Crippen LogP contribution in [0.3, 0.4) is 0 Å². The molecule has 0 spiro atoms. The number of alkyl halides is 5. The molecule has 178 valence electrons. The van der Waals surface area contributed by atoms with Crippen molar-refractivity contribution in [1.29, 1.82) is 0 Å². The Bertz CT molecular complexity index is 930. The number of nitrogens with one attached hydrogen (secondary N) is 3. The molecule has 13 heteroatoms. The zero-order valence-electron chi connectivity index (χ0n) is 17.4. The SMILES string of the molecule is CC(C)(C(=O)NCC(F)(F)C(F)(F)F)C(=O)N[C@H]1C(=O)Nc2cc(F)ccc2OC1(C)C. The number of carbonyl (C=O) groups is 3. The molecular weight excluding hydrogens is 448 g/mol. The van der Waals surface area contributed by atoms with Gasteiger partial charge in [0, 0.05) is 6.07 Å². The zero-order valence-corrected chi connectivity index (χ0v) is 17.4. The number of fused-ring (bicyclic) bond motifs is 1. The van der Waals surface area contributed by atoms with E-state index in [-0.39, 0.29) is 11.4 Å². The number of hydrogen-bond acceptors (Lipinski definition) is 4. The van der Waals surface area contributed by atoms with Crippen LogP contribution < -0.4 is 20.7 Å². The van der Waals surface area contributed by atoms with E-state index >= 15 is 0 Å². The van der Waals surface area contributed by atoms with Gasteiger partial charge < -0.3 is 20.7 Å². The molecule has 0 aromatic heterocycles. The number of carbonyl (C=O) groups excluding carboxylic acids is 3. The van der Waals surface area contributed by atoms with Gasteiger partial charge in [-0.15, -0.1) is 0 Å². The van der Waals surface area contributed by atoms with Crippen molar-refractivity contribution in [2.45, 2.75) is 51.4 Å². The fraction of sp³-hybridized carbons (Fsp3) is 0.526. The second kappa shape index (κ2) is 8.17. The van der Waals surface area contributed by atoms with E-state index in [4.69, 9.17) is 4.74 Å². The van der Waals surface area contributed by atoms with E-state index in [9.17, 15) is 40.7 Å². The maximum atomic E-state index is 13.5. The molecule has 3 amide bonds. The minimum absolute atomic E-state index is 0.00814. The molecule has 0 unspecified atom stereocenters. The molecule has 3 N–H and O–H groups in total. The molecule has 0 bridgehead atoms. The van der Waals surface area contributed by atoms with Crippen molar-refractivity contribution in [2.75, 3.05) is 11.9 Å². The van der Waals surface area contributed by atoms with Crippen LogP contribution in [0.25, 0.3) is 0 Å². The van der Waals surface area contributed by atoms with E-state index in [0.717, 1.165) is 26.0 Å². The summed E-state index contributed by atoms with van der Waals surface area (Å²) < 4.78 is 82.2. The molecule has 0 radical (unpaired) electrons. The second-order valence-corrected chi connectivity index (χ2v) is 8.25. The first-order chi connectivity index (χ1) is 14.4. The molecule has 1 aromatic rings. The van der Waals surface area contributed by atoms with Crippen LogP contribution in [-0.4, -0.2) is 48.0 Å². The van der Waals surface area contributed by atoms with Gasteiger partial charge in [0.05, 0.1) is 12.2 Å². The van der Waals surface area contributed by atoms with E-state index in [1.165, 1.54) is 25.2 Å². The summed E-state index contributed by atoms with van der Waals surface area (Å²) in [5.41, 5.74) is -3.56. The standard InChI is InChI=1S/C19H21F6N3O4/c1-16(2,14(30)26-8-18(21,22)19(23,24)25)15(31)28-12-13(29)27-10-7-9(20)5-6-11(10)32-17(12,3)4/h5-7,12H,8H2,1-4H3,(H,26,30)(H,27,29)(H,28,31)/t12-/m0/s1. The Balaban J connectivity index is 2.17. The fourth-order valence-corrected chi connectivity index (χ4v) is 2.72. The number of amides is 3. The van der Waals surface area contributed by atoms with Crippen LogP contribution in [0.15, 0.2) is 18.2 Å². The predicted molar refractivity (Wildman–Crippen MR) is 99.5 cm³/mol. The molecular formula is C19H21F6N3O4. The number of halogens is 6. The third-order valence-electron chi connectivity index (χ3n) is 4.83. The summed E-state index contributed by atoms with van der Waals surface area (Å²) in [7, 11) is 0. The Morgan fingerprint density at radius 1 is 1.12 bits per heavy atom. The highest BCUT2D eigenvalue weighted by Crippen LogP contribution is 2.35. The van der Waals surface area contributed by atoms with Gasteiger partial charge in [0.25, 0.3) is 5.91 Å². The summed E-state index contributed by atoms with van der Waals surface area (Å²) in [5.74, 6) is -9.15. The topological polar surface area (TPSA) is 96.5 Å². The Hall–Kier alpha value is -2.99. The van der Waals surface area contributed by atoms with Crippen molar-refractivity contribution < 1.29 is 45.5 Å². The molecule has 1 atom stereocenters. The van der Waals surface area contributed by atoms with Crippen molar-refractivity contribution in [1.82, 2.24) is 10.6 Å². The largest absolute Gasteiger partial charge is 0.483 e. The third-order valence-corrected chi connectivity index (χ3v) is 4.83. The van der Waals surface area contributed by atoms with Crippen LogP contribution in [-0.2, 0) is 14.4 Å². The number of anilines is 1. The highest BCUT2D eigenvalue weighted by molar-refractivity contribution is 6.07. The lowest BCUT2D eigenvalue weighted by Crippen LogP contribution is -2.61. The Morgan fingerprint density at radius 2 is 1.72 bits per heavy atom. The summed E-state index contributed by atoms with van der Waals surface area (Å²) in [6, 6.07) is 1.90. The Labute approximate surface area is 178 Å². The minimum atomic E-state index is -5.89. The highest BCUT2D eigenvalue weighted by atomic mass is 19.4. The Morgan fingerprint density at radius 3 is 2.28 bits per heavy atom. The van der Waals surface area contributed by atoms with Crippen molar-refractivity contribution in [3.05, 3.63) is 24.0 Å². The lowest BCUT2D eigenvalue weighted by atomic mass is 9.89. The second-order valence-electron chi connectivity index (χ2n) is 8.25.